The molecule has 0 radical (unpaired) electrons. The Labute approximate surface area is 150 Å². The number of carbonyl (C=O) groups is 1. The van der Waals surface area contributed by atoms with Gasteiger partial charge in [0.25, 0.3) is 0 Å². The van der Waals surface area contributed by atoms with Crippen molar-refractivity contribution in [2.45, 2.75) is 46.3 Å². The molecule has 0 saturated heterocycles. The smallest absolute Gasteiger partial charge is 0.306 e. The first-order chi connectivity index (χ1) is 12.0. The molecule has 0 heterocycles. The summed E-state index contributed by atoms with van der Waals surface area (Å²) in [6.07, 6.45) is 0.111. The number of benzene rings is 2. The van der Waals surface area contributed by atoms with E-state index in [1.807, 2.05) is 44.2 Å². The maximum Gasteiger partial charge on any atom is 0.306 e. The average Bonchev–Trinajstić information content (AvgIpc) is 2.56. The van der Waals surface area contributed by atoms with Crippen LogP contribution in [0.5, 0.6) is 5.75 Å². The van der Waals surface area contributed by atoms with Crippen LogP contribution >= 0.6 is 0 Å². The predicted octanol–water partition coefficient (Wildman–Crippen LogP) is 4.17. The summed E-state index contributed by atoms with van der Waals surface area (Å²) in [5, 5.41) is 5.52. The molecule has 0 aliphatic heterocycles. The second kappa shape index (κ2) is 9.42. The maximum atomic E-state index is 12.0. The van der Waals surface area contributed by atoms with Gasteiger partial charge in [-0.3, -0.25) is 4.79 Å². The van der Waals surface area contributed by atoms with Gasteiger partial charge < -0.3 is 14.8 Å². The van der Waals surface area contributed by atoms with Crippen LogP contribution < -0.4 is 10.1 Å². The van der Waals surface area contributed by atoms with E-state index in [9.17, 15) is 4.79 Å². The predicted molar refractivity (Wildman–Crippen MR) is 102 cm³/mol. The van der Waals surface area contributed by atoms with Gasteiger partial charge in [0, 0.05) is 24.4 Å². The summed E-state index contributed by atoms with van der Waals surface area (Å²) in [6, 6.07) is 14.4. The van der Waals surface area contributed by atoms with E-state index in [0.29, 0.717) is 25.6 Å². The Balaban J connectivity index is 2.03. The van der Waals surface area contributed by atoms with Crippen molar-refractivity contribution in [2.24, 2.45) is 5.92 Å². The Hall–Kier alpha value is -2.07. The van der Waals surface area contributed by atoms with Crippen LogP contribution in [0.1, 0.15) is 34.1 Å². The lowest BCUT2D eigenvalue weighted by Gasteiger charge is -2.21. The monoisotopic (exact) mass is 343 g/mol. The van der Waals surface area contributed by atoms with Gasteiger partial charge in [-0.1, -0.05) is 64.1 Å². The summed E-state index contributed by atoms with van der Waals surface area (Å²) in [7, 11) is 0. The zero-order valence-electron chi connectivity index (χ0n) is 15.6. The van der Waals surface area contributed by atoms with Crippen molar-refractivity contribution in [1.82, 2.24) is 5.32 Å². The second-order valence-corrected chi connectivity index (χ2v) is 7.06. The quantitative estimate of drug-likeness (QED) is 0.694. The van der Waals surface area contributed by atoms with Crippen molar-refractivity contribution in [2.75, 3.05) is 13.2 Å². The van der Waals surface area contributed by atoms with Gasteiger partial charge in [-0.2, -0.15) is 0 Å². The zero-order valence-corrected chi connectivity index (χ0v) is 15.6. The lowest BCUT2D eigenvalue weighted by Crippen LogP contribution is -2.38. The van der Waals surface area contributed by atoms with E-state index in [1.165, 1.54) is 0 Å². The van der Waals surface area contributed by atoms with E-state index in [4.69, 9.17) is 9.47 Å². The highest BCUT2D eigenvalue weighted by Gasteiger charge is 2.17. The van der Waals surface area contributed by atoms with Crippen molar-refractivity contribution in [3.8, 4) is 5.75 Å². The highest BCUT2D eigenvalue weighted by atomic mass is 16.6. The largest absolute Gasteiger partial charge is 0.489 e. The third-order valence-electron chi connectivity index (χ3n) is 3.80. The van der Waals surface area contributed by atoms with Crippen LogP contribution in [0.4, 0.5) is 0 Å². The first-order valence-electron chi connectivity index (χ1n) is 8.99. The van der Waals surface area contributed by atoms with Crippen molar-refractivity contribution < 1.29 is 14.3 Å². The van der Waals surface area contributed by atoms with E-state index < -0.39 is 0 Å². The minimum atomic E-state index is -0.312. The Kier molecular flexibility index (Phi) is 7.26. The molecule has 1 N–H and O–H groups in total. The molecule has 0 bridgehead atoms. The maximum absolute atomic E-state index is 12.0. The minimum Gasteiger partial charge on any atom is -0.489 e. The normalized spacial score (nSPS) is 12.6. The Bertz CT molecular complexity index is 676. The third kappa shape index (κ3) is 6.39. The molecule has 0 unspecified atom stereocenters. The van der Waals surface area contributed by atoms with Crippen LogP contribution in [-0.2, 0) is 9.53 Å². The van der Waals surface area contributed by atoms with Crippen molar-refractivity contribution in [3.05, 3.63) is 42.5 Å². The standard InChI is InChI=1S/C21H29NO3/c1-15(2)12-21(23)25-18(13-22-16(3)4)14-24-20-11-7-9-17-8-5-6-10-19(17)20/h5-11,15-16,18,22H,12-14H2,1-4H3/t18-/m1/s1. The summed E-state index contributed by atoms with van der Waals surface area (Å²) in [6.45, 7) is 9.06. The molecular formula is C21H29NO3. The summed E-state index contributed by atoms with van der Waals surface area (Å²) in [5.74, 6) is 0.921. The molecule has 0 aliphatic carbocycles. The van der Waals surface area contributed by atoms with Crippen LogP contribution in [0.3, 0.4) is 0 Å². The SMILES string of the molecule is CC(C)CC(=O)O[C@H](CNC(C)C)COc1cccc2ccccc12. The van der Waals surface area contributed by atoms with Crippen LogP contribution in [0.2, 0.25) is 0 Å². The van der Waals surface area contributed by atoms with Gasteiger partial charge >= 0.3 is 5.97 Å². The number of hydrogen-bond donors (Lipinski definition) is 1. The van der Waals surface area contributed by atoms with Crippen molar-refractivity contribution in [3.63, 3.8) is 0 Å². The second-order valence-electron chi connectivity index (χ2n) is 7.06. The molecule has 4 heteroatoms. The van der Waals surface area contributed by atoms with E-state index in [-0.39, 0.29) is 18.0 Å². The molecule has 0 aromatic heterocycles. The Morgan fingerprint density at radius 1 is 1.04 bits per heavy atom. The number of hydrogen-bond acceptors (Lipinski definition) is 4. The van der Waals surface area contributed by atoms with Gasteiger partial charge in [-0.15, -0.1) is 0 Å². The van der Waals surface area contributed by atoms with Crippen LogP contribution in [0.25, 0.3) is 10.8 Å². The topological polar surface area (TPSA) is 47.6 Å². The van der Waals surface area contributed by atoms with Crippen LogP contribution in [0, 0.1) is 5.92 Å². The van der Waals surface area contributed by atoms with Crippen molar-refractivity contribution in [1.29, 1.82) is 0 Å². The number of esters is 1. The first-order valence-corrected chi connectivity index (χ1v) is 8.99. The molecule has 25 heavy (non-hydrogen) atoms. The zero-order chi connectivity index (χ0) is 18.2. The molecule has 2 aromatic carbocycles. The Morgan fingerprint density at radius 2 is 1.76 bits per heavy atom. The van der Waals surface area contributed by atoms with E-state index in [2.05, 4.69) is 31.3 Å². The molecule has 0 aliphatic rings. The van der Waals surface area contributed by atoms with Gasteiger partial charge in [0.15, 0.2) is 0 Å². The van der Waals surface area contributed by atoms with Crippen LogP contribution in [0.15, 0.2) is 42.5 Å². The number of ether oxygens (including phenoxy) is 2. The van der Waals surface area contributed by atoms with Crippen LogP contribution in [-0.4, -0.2) is 31.3 Å². The van der Waals surface area contributed by atoms with E-state index >= 15 is 0 Å². The fraction of sp³-hybridized carbons (Fsp3) is 0.476. The van der Waals surface area contributed by atoms with Gasteiger partial charge in [0.1, 0.15) is 18.5 Å². The molecule has 1 atom stereocenters. The highest BCUT2D eigenvalue weighted by Crippen LogP contribution is 2.25. The molecule has 0 amide bonds. The third-order valence-corrected chi connectivity index (χ3v) is 3.80. The first kappa shape index (κ1) is 19.3. The molecular weight excluding hydrogens is 314 g/mol. The van der Waals surface area contributed by atoms with E-state index in [0.717, 1.165) is 16.5 Å². The Morgan fingerprint density at radius 3 is 2.48 bits per heavy atom. The fourth-order valence-corrected chi connectivity index (χ4v) is 2.57. The average molecular weight is 343 g/mol. The fourth-order valence-electron chi connectivity index (χ4n) is 2.57. The summed E-state index contributed by atoms with van der Waals surface area (Å²) in [5.41, 5.74) is 0. The van der Waals surface area contributed by atoms with Gasteiger partial charge in [0.05, 0.1) is 0 Å². The molecule has 0 saturated carbocycles. The molecule has 4 nitrogen and oxygen atoms in total. The highest BCUT2D eigenvalue weighted by molar-refractivity contribution is 5.88. The lowest BCUT2D eigenvalue weighted by molar-refractivity contribution is -0.151. The summed E-state index contributed by atoms with van der Waals surface area (Å²) >= 11 is 0. The summed E-state index contributed by atoms with van der Waals surface area (Å²) in [4.78, 5) is 12.0. The summed E-state index contributed by atoms with van der Waals surface area (Å²) < 4.78 is 11.6. The molecule has 0 fully saturated rings. The number of nitrogens with one attached hydrogen (secondary N) is 1. The number of fused-ring (bicyclic) bond motifs is 1. The van der Waals surface area contributed by atoms with Gasteiger partial charge in [0.2, 0.25) is 0 Å². The van der Waals surface area contributed by atoms with Gasteiger partial charge in [-0.05, 0) is 17.4 Å². The molecule has 0 spiro atoms. The van der Waals surface area contributed by atoms with E-state index in [1.54, 1.807) is 0 Å². The molecule has 2 aromatic rings. The van der Waals surface area contributed by atoms with Crippen molar-refractivity contribution >= 4 is 16.7 Å². The molecule has 136 valence electrons. The lowest BCUT2D eigenvalue weighted by atomic mass is 10.1. The number of rotatable bonds is 9. The number of carbonyl (C=O) groups excluding carboxylic acids is 1. The molecule has 2 rings (SSSR count). The minimum absolute atomic E-state index is 0.174. The van der Waals surface area contributed by atoms with Gasteiger partial charge in [-0.25, -0.2) is 0 Å².